The Hall–Kier alpha value is -0.170. The molecular weight excluding hydrogens is 284 g/mol. The van der Waals surface area contributed by atoms with Gasteiger partial charge in [-0.25, -0.2) is 0 Å². The molecule has 0 amide bonds. The molecule has 0 aromatic carbocycles. The molecular formula is C21H32S. The number of fused-ring (bicyclic) bond motifs is 5. The summed E-state index contributed by atoms with van der Waals surface area (Å²) in [7, 11) is 0. The van der Waals surface area contributed by atoms with Crippen molar-refractivity contribution >= 4 is 11.8 Å². The lowest BCUT2D eigenvalue weighted by atomic mass is 9.56. The second-order valence-corrected chi connectivity index (χ2v) is 10.6. The van der Waals surface area contributed by atoms with Crippen LogP contribution >= 0.6 is 11.8 Å². The van der Waals surface area contributed by atoms with Gasteiger partial charge in [-0.1, -0.05) is 46.8 Å². The van der Waals surface area contributed by atoms with Crippen molar-refractivity contribution in [3.63, 3.8) is 0 Å². The lowest BCUT2D eigenvalue weighted by Gasteiger charge is -2.49. The van der Waals surface area contributed by atoms with Gasteiger partial charge >= 0.3 is 0 Å². The molecule has 0 aromatic heterocycles. The molecule has 1 aliphatic heterocycles. The maximum atomic E-state index is 4.25. The molecule has 0 bridgehead atoms. The number of rotatable bonds is 0. The molecule has 0 spiro atoms. The smallest absolute Gasteiger partial charge is 0.0164 e. The van der Waals surface area contributed by atoms with Gasteiger partial charge in [0.1, 0.15) is 0 Å². The van der Waals surface area contributed by atoms with Crippen molar-refractivity contribution in [3.05, 3.63) is 23.1 Å². The third kappa shape index (κ3) is 1.73. The highest BCUT2D eigenvalue weighted by Crippen LogP contribution is 2.71. The van der Waals surface area contributed by atoms with Gasteiger partial charge in [-0.2, -0.15) is 0 Å². The minimum absolute atomic E-state index is 0.465. The summed E-state index contributed by atoms with van der Waals surface area (Å²) in [6.45, 7) is 17.1. The third-order valence-corrected chi connectivity index (χ3v) is 10.4. The monoisotopic (exact) mass is 316 g/mol. The van der Waals surface area contributed by atoms with Gasteiger partial charge in [0.2, 0.25) is 0 Å². The van der Waals surface area contributed by atoms with Crippen molar-refractivity contribution < 1.29 is 0 Å². The van der Waals surface area contributed by atoms with Crippen molar-refractivity contribution in [1.82, 2.24) is 0 Å². The van der Waals surface area contributed by atoms with E-state index >= 15 is 0 Å². The van der Waals surface area contributed by atoms with E-state index in [1.807, 2.05) is 0 Å². The van der Waals surface area contributed by atoms with Gasteiger partial charge < -0.3 is 0 Å². The first-order valence-electron chi connectivity index (χ1n) is 9.35. The number of hydrogen-bond acceptors (Lipinski definition) is 1. The SMILES string of the molecule is C=C1C=C2SC3C(CCC4(C)C(C)C(C)C(C)C34)C2(C)CC1. The van der Waals surface area contributed by atoms with Gasteiger partial charge in [0.25, 0.3) is 0 Å². The van der Waals surface area contributed by atoms with Crippen LogP contribution in [-0.2, 0) is 0 Å². The van der Waals surface area contributed by atoms with Crippen molar-refractivity contribution in [2.24, 2.45) is 40.4 Å². The molecule has 3 aliphatic carbocycles. The van der Waals surface area contributed by atoms with Crippen LogP contribution in [0.25, 0.3) is 0 Å². The molecule has 22 heavy (non-hydrogen) atoms. The van der Waals surface area contributed by atoms with E-state index in [0.717, 1.165) is 34.8 Å². The van der Waals surface area contributed by atoms with E-state index in [1.165, 1.54) is 31.3 Å². The highest BCUT2D eigenvalue weighted by Gasteiger charge is 2.63. The fourth-order valence-electron chi connectivity index (χ4n) is 6.72. The molecule has 4 rings (SSSR count). The Morgan fingerprint density at radius 2 is 1.86 bits per heavy atom. The molecule has 0 N–H and O–H groups in total. The Morgan fingerprint density at radius 1 is 1.14 bits per heavy atom. The zero-order chi connectivity index (χ0) is 15.9. The number of thioether (sulfide) groups is 1. The van der Waals surface area contributed by atoms with E-state index in [4.69, 9.17) is 0 Å². The second-order valence-electron chi connectivity index (χ2n) is 9.35. The topological polar surface area (TPSA) is 0 Å². The van der Waals surface area contributed by atoms with Gasteiger partial charge in [-0.05, 0) is 71.7 Å². The summed E-state index contributed by atoms with van der Waals surface area (Å²) >= 11 is 2.26. The summed E-state index contributed by atoms with van der Waals surface area (Å²) in [5.74, 6) is 4.47. The Labute approximate surface area is 141 Å². The summed E-state index contributed by atoms with van der Waals surface area (Å²) in [4.78, 5) is 1.68. The maximum absolute atomic E-state index is 4.25. The predicted molar refractivity (Wildman–Crippen MR) is 97.8 cm³/mol. The average molecular weight is 317 g/mol. The van der Waals surface area contributed by atoms with Gasteiger partial charge in [0.15, 0.2) is 0 Å². The van der Waals surface area contributed by atoms with Crippen molar-refractivity contribution in [2.75, 3.05) is 0 Å². The Kier molecular flexibility index (Phi) is 3.27. The molecule has 1 heterocycles. The van der Waals surface area contributed by atoms with E-state index in [1.54, 1.807) is 4.91 Å². The van der Waals surface area contributed by atoms with Crippen LogP contribution in [0.2, 0.25) is 0 Å². The summed E-state index contributed by atoms with van der Waals surface area (Å²) < 4.78 is 0. The largest absolute Gasteiger partial charge is 0.126 e. The van der Waals surface area contributed by atoms with E-state index in [9.17, 15) is 0 Å². The van der Waals surface area contributed by atoms with Crippen LogP contribution in [0.15, 0.2) is 23.1 Å². The van der Waals surface area contributed by atoms with Crippen LogP contribution in [0, 0.1) is 40.4 Å². The van der Waals surface area contributed by atoms with E-state index in [-0.39, 0.29) is 0 Å². The van der Waals surface area contributed by atoms with Crippen LogP contribution < -0.4 is 0 Å². The zero-order valence-corrected chi connectivity index (χ0v) is 15.8. The maximum Gasteiger partial charge on any atom is 0.0164 e. The minimum Gasteiger partial charge on any atom is -0.126 e. The normalized spacial score (nSPS) is 57.1. The molecule has 0 aromatic rings. The molecule has 1 saturated heterocycles. The van der Waals surface area contributed by atoms with Gasteiger partial charge in [-0.15, -0.1) is 11.8 Å². The molecule has 8 unspecified atom stereocenters. The van der Waals surface area contributed by atoms with Crippen LogP contribution in [0.4, 0.5) is 0 Å². The highest BCUT2D eigenvalue weighted by atomic mass is 32.2. The Balaban J connectivity index is 1.75. The van der Waals surface area contributed by atoms with E-state index < -0.39 is 0 Å². The molecule has 0 radical (unpaired) electrons. The fraction of sp³-hybridized carbons (Fsp3) is 0.810. The standard InChI is InChI=1S/C21H32S/c1-12-7-9-21(6)16-8-10-20(5)15(4)13(2)14(3)18(20)19(16)22-17(21)11-12/h11,13-16,18-19H,1,7-10H2,2-6H3. The summed E-state index contributed by atoms with van der Waals surface area (Å²) in [6.07, 6.45) is 7.92. The van der Waals surface area contributed by atoms with Crippen molar-refractivity contribution in [3.8, 4) is 0 Å². The van der Waals surface area contributed by atoms with Gasteiger partial charge in [0.05, 0.1) is 0 Å². The lowest BCUT2D eigenvalue weighted by Crippen LogP contribution is -2.46. The predicted octanol–water partition coefficient (Wildman–Crippen LogP) is 6.30. The molecule has 1 heteroatoms. The number of allylic oxidation sites excluding steroid dienone is 3. The zero-order valence-electron chi connectivity index (χ0n) is 15.0. The minimum atomic E-state index is 0.465. The van der Waals surface area contributed by atoms with Crippen LogP contribution in [0.3, 0.4) is 0 Å². The van der Waals surface area contributed by atoms with E-state index in [0.29, 0.717) is 10.8 Å². The summed E-state index contributed by atoms with van der Waals surface area (Å²) in [5.41, 5.74) is 2.41. The molecule has 8 atom stereocenters. The van der Waals surface area contributed by atoms with E-state index in [2.05, 4.69) is 59.0 Å². The van der Waals surface area contributed by atoms with Crippen LogP contribution in [0.5, 0.6) is 0 Å². The molecule has 0 nitrogen and oxygen atoms in total. The van der Waals surface area contributed by atoms with Crippen LogP contribution in [-0.4, -0.2) is 5.25 Å². The second kappa shape index (κ2) is 4.68. The molecule has 2 saturated carbocycles. The summed E-state index contributed by atoms with van der Waals surface area (Å²) in [5, 5.41) is 0.864. The quantitative estimate of drug-likeness (QED) is 0.505. The highest BCUT2D eigenvalue weighted by molar-refractivity contribution is 8.04. The van der Waals surface area contributed by atoms with Crippen molar-refractivity contribution in [2.45, 2.75) is 65.6 Å². The first-order chi connectivity index (χ1) is 10.3. The molecule has 4 aliphatic rings. The fourth-order valence-corrected chi connectivity index (χ4v) is 9.08. The first-order valence-corrected chi connectivity index (χ1v) is 10.2. The molecule has 122 valence electrons. The lowest BCUT2D eigenvalue weighted by molar-refractivity contribution is 0.0369. The average Bonchev–Trinajstić information content (AvgIpc) is 2.85. The first kappa shape index (κ1) is 15.4. The Morgan fingerprint density at radius 3 is 2.59 bits per heavy atom. The van der Waals surface area contributed by atoms with Gasteiger partial charge in [0, 0.05) is 10.7 Å². The van der Waals surface area contributed by atoms with Crippen molar-refractivity contribution in [1.29, 1.82) is 0 Å². The number of hydrogen-bond donors (Lipinski definition) is 0. The van der Waals surface area contributed by atoms with Gasteiger partial charge in [-0.3, -0.25) is 0 Å². The third-order valence-electron chi connectivity index (χ3n) is 8.68. The molecule has 3 fully saturated rings. The Bertz CT molecular complexity index is 546. The van der Waals surface area contributed by atoms with Crippen LogP contribution in [0.1, 0.15) is 60.3 Å². The summed E-state index contributed by atoms with van der Waals surface area (Å²) in [6, 6.07) is 0.